The largest absolute Gasteiger partial charge is 0.457 e. The molecule has 0 bridgehead atoms. The van der Waals surface area contributed by atoms with Gasteiger partial charge in [0.2, 0.25) is 0 Å². The third kappa shape index (κ3) is 1.66. The lowest BCUT2D eigenvalue weighted by Crippen LogP contribution is -1.96. The first-order chi connectivity index (χ1) is 7.65. The highest BCUT2D eigenvalue weighted by atomic mass is 79.9. The fraction of sp³-hybridized carbons (Fsp3) is 0.333. The third-order valence-electron chi connectivity index (χ3n) is 2.91. The molecule has 0 amide bonds. The molecular weight excluding hydrogens is 275 g/mol. The molecule has 0 saturated heterocycles. The Morgan fingerprint density at radius 1 is 1.38 bits per heavy atom. The van der Waals surface area contributed by atoms with E-state index in [-0.39, 0.29) is 5.82 Å². The zero-order chi connectivity index (χ0) is 11.3. The van der Waals surface area contributed by atoms with Gasteiger partial charge in [0, 0.05) is 5.39 Å². The molecule has 2 nitrogen and oxygen atoms in total. The topological polar surface area (TPSA) is 33.4 Å². The van der Waals surface area contributed by atoms with Crippen molar-refractivity contribution in [3.05, 3.63) is 34.2 Å². The molecule has 1 saturated carbocycles. The summed E-state index contributed by atoms with van der Waals surface area (Å²) in [6.45, 7) is 0. The molecule has 3 rings (SSSR count). The number of benzene rings is 1. The molecule has 1 aromatic heterocycles. The predicted octanol–water partition coefficient (Wildman–Crippen LogP) is 3.78. The zero-order valence-electron chi connectivity index (χ0n) is 8.41. The lowest BCUT2D eigenvalue weighted by atomic mass is 10.1. The van der Waals surface area contributed by atoms with E-state index in [0.29, 0.717) is 27.1 Å². The minimum atomic E-state index is -0.553. The smallest absolute Gasteiger partial charge is 0.148 e. The maximum atomic E-state index is 13.1. The Balaban J connectivity index is 2.11. The monoisotopic (exact) mass is 284 g/mol. The summed E-state index contributed by atoms with van der Waals surface area (Å²) in [4.78, 5) is 0. The number of furan rings is 1. The molecule has 1 aliphatic rings. The molecule has 0 radical (unpaired) electrons. The average Bonchev–Trinajstić information content (AvgIpc) is 2.97. The molecule has 0 spiro atoms. The van der Waals surface area contributed by atoms with Gasteiger partial charge in [0.05, 0.1) is 4.47 Å². The summed E-state index contributed by atoms with van der Waals surface area (Å²) in [5, 5.41) is 10.6. The Kier molecular flexibility index (Phi) is 2.30. The van der Waals surface area contributed by atoms with Crippen LogP contribution < -0.4 is 0 Å². The van der Waals surface area contributed by atoms with Crippen LogP contribution in [0.3, 0.4) is 0 Å². The van der Waals surface area contributed by atoms with Crippen LogP contribution >= 0.6 is 15.9 Å². The van der Waals surface area contributed by atoms with Gasteiger partial charge in [-0.1, -0.05) is 0 Å². The summed E-state index contributed by atoms with van der Waals surface area (Å²) in [7, 11) is 0. The van der Waals surface area contributed by atoms with Gasteiger partial charge in [0.15, 0.2) is 0 Å². The van der Waals surface area contributed by atoms with Gasteiger partial charge in [0.1, 0.15) is 23.3 Å². The van der Waals surface area contributed by atoms with Crippen LogP contribution in [0.25, 0.3) is 11.0 Å². The number of aliphatic hydroxyl groups is 1. The van der Waals surface area contributed by atoms with E-state index in [1.54, 1.807) is 6.07 Å². The van der Waals surface area contributed by atoms with Crippen LogP contribution in [0.1, 0.15) is 24.7 Å². The van der Waals surface area contributed by atoms with Crippen LogP contribution in [0.4, 0.5) is 4.39 Å². The van der Waals surface area contributed by atoms with Crippen molar-refractivity contribution in [2.45, 2.75) is 18.9 Å². The predicted molar refractivity (Wildman–Crippen MR) is 61.6 cm³/mol. The van der Waals surface area contributed by atoms with Crippen LogP contribution in [0.5, 0.6) is 0 Å². The Morgan fingerprint density at radius 3 is 2.81 bits per heavy atom. The van der Waals surface area contributed by atoms with E-state index >= 15 is 0 Å². The van der Waals surface area contributed by atoms with Gasteiger partial charge in [-0.05, 0) is 52.9 Å². The van der Waals surface area contributed by atoms with E-state index in [1.165, 1.54) is 12.1 Å². The van der Waals surface area contributed by atoms with Crippen LogP contribution in [0.2, 0.25) is 0 Å². The first-order valence-corrected chi connectivity index (χ1v) is 6.01. The standard InChI is InChI=1S/C12H10BrFO2/c13-9-5-8(14)3-7-4-10(16-12(7)9)11(15)6-1-2-6/h3-6,11,15H,1-2H2. The van der Waals surface area contributed by atoms with Crippen molar-refractivity contribution in [2.24, 2.45) is 5.92 Å². The highest BCUT2D eigenvalue weighted by Gasteiger charge is 2.33. The third-order valence-corrected chi connectivity index (χ3v) is 3.50. The fourth-order valence-corrected chi connectivity index (χ4v) is 2.41. The summed E-state index contributed by atoms with van der Waals surface area (Å²) in [6.07, 6.45) is 1.52. The van der Waals surface area contributed by atoms with Crippen molar-refractivity contribution in [3.63, 3.8) is 0 Å². The summed E-state index contributed by atoms with van der Waals surface area (Å²) in [5.41, 5.74) is 0.594. The molecule has 1 fully saturated rings. The van der Waals surface area contributed by atoms with Gasteiger partial charge in [0.25, 0.3) is 0 Å². The van der Waals surface area contributed by atoms with E-state index in [9.17, 15) is 9.50 Å². The van der Waals surface area contributed by atoms with Gasteiger partial charge in [-0.15, -0.1) is 0 Å². The number of hydrogen-bond donors (Lipinski definition) is 1. The maximum Gasteiger partial charge on any atom is 0.148 e. The Labute approximate surface area is 100 Å². The lowest BCUT2D eigenvalue weighted by Gasteiger charge is -2.03. The first kappa shape index (κ1) is 10.3. The molecule has 1 aliphatic carbocycles. The average molecular weight is 285 g/mol. The van der Waals surface area contributed by atoms with Crippen LogP contribution in [0.15, 0.2) is 27.1 Å². The second-order valence-corrected chi connectivity index (χ2v) is 5.09. The van der Waals surface area contributed by atoms with Gasteiger partial charge in [-0.25, -0.2) is 4.39 Å². The highest BCUT2D eigenvalue weighted by molar-refractivity contribution is 9.10. The van der Waals surface area contributed by atoms with Crippen molar-refractivity contribution >= 4 is 26.9 Å². The van der Waals surface area contributed by atoms with Crippen molar-refractivity contribution in [2.75, 3.05) is 0 Å². The van der Waals surface area contributed by atoms with Gasteiger partial charge in [-0.3, -0.25) is 0 Å². The normalized spacial score (nSPS) is 17.9. The molecule has 1 aromatic carbocycles. The summed E-state index contributed by atoms with van der Waals surface area (Å²) >= 11 is 3.25. The van der Waals surface area contributed by atoms with Crippen molar-refractivity contribution in [1.29, 1.82) is 0 Å². The molecule has 1 atom stereocenters. The summed E-state index contributed by atoms with van der Waals surface area (Å²) in [6, 6.07) is 4.48. The lowest BCUT2D eigenvalue weighted by molar-refractivity contribution is 0.129. The van der Waals surface area contributed by atoms with Crippen LogP contribution in [-0.4, -0.2) is 5.11 Å². The zero-order valence-corrected chi connectivity index (χ0v) is 10.00. The van der Waals surface area contributed by atoms with Crippen molar-refractivity contribution < 1.29 is 13.9 Å². The Morgan fingerprint density at radius 2 is 2.12 bits per heavy atom. The number of hydrogen-bond acceptors (Lipinski definition) is 2. The second kappa shape index (κ2) is 3.57. The maximum absolute atomic E-state index is 13.1. The van der Waals surface area contributed by atoms with E-state index in [0.717, 1.165) is 12.8 Å². The van der Waals surface area contributed by atoms with Crippen LogP contribution in [-0.2, 0) is 0 Å². The molecule has 4 heteroatoms. The first-order valence-electron chi connectivity index (χ1n) is 5.21. The highest BCUT2D eigenvalue weighted by Crippen LogP contribution is 2.42. The number of rotatable bonds is 2. The van der Waals surface area contributed by atoms with E-state index in [1.807, 2.05) is 0 Å². The molecular formula is C12H10BrFO2. The number of fused-ring (bicyclic) bond motifs is 1. The molecule has 2 aromatic rings. The molecule has 0 aliphatic heterocycles. The Hall–Kier alpha value is -0.870. The molecule has 1 unspecified atom stereocenters. The Bertz CT molecular complexity index is 545. The fourth-order valence-electron chi connectivity index (χ4n) is 1.89. The number of halogens is 2. The number of aliphatic hydroxyl groups excluding tert-OH is 1. The van der Waals surface area contributed by atoms with Crippen molar-refractivity contribution in [1.82, 2.24) is 0 Å². The quantitative estimate of drug-likeness (QED) is 0.911. The summed E-state index contributed by atoms with van der Waals surface area (Å²) in [5.74, 6) is 0.528. The SMILES string of the molecule is OC(c1cc2cc(F)cc(Br)c2o1)C1CC1. The van der Waals surface area contributed by atoms with Gasteiger partial charge >= 0.3 is 0 Å². The summed E-state index contributed by atoms with van der Waals surface area (Å²) < 4.78 is 19.3. The van der Waals surface area contributed by atoms with Gasteiger partial charge in [-0.2, -0.15) is 0 Å². The minimum Gasteiger partial charge on any atom is -0.457 e. The van der Waals surface area contributed by atoms with Crippen molar-refractivity contribution in [3.8, 4) is 0 Å². The molecule has 1 heterocycles. The molecule has 1 N–H and O–H groups in total. The second-order valence-electron chi connectivity index (χ2n) is 4.24. The van der Waals surface area contributed by atoms with Gasteiger partial charge < -0.3 is 9.52 Å². The van der Waals surface area contributed by atoms with E-state index < -0.39 is 6.10 Å². The minimum absolute atomic E-state index is 0.309. The molecule has 84 valence electrons. The van der Waals surface area contributed by atoms with E-state index in [4.69, 9.17) is 4.42 Å². The van der Waals surface area contributed by atoms with E-state index in [2.05, 4.69) is 15.9 Å². The van der Waals surface area contributed by atoms with Crippen LogP contribution in [0, 0.1) is 11.7 Å². The molecule has 16 heavy (non-hydrogen) atoms.